The van der Waals surface area contributed by atoms with E-state index in [1.807, 2.05) is 12.3 Å². The molecule has 1 aromatic heterocycles. The summed E-state index contributed by atoms with van der Waals surface area (Å²) in [7, 11) is 0. The van der Waals surface area contributed by atoms with Gasteiger partial charge >= 0.3 is 0 Å². The molecule has 4 nitrogen and oxygen atoms in total. The number of nitrogens with zero attached hydrogens (tertiary/aromatic N) is 3. The molecule has 122 valence electrons. The fourth-order valence-electron chi connectivity index (χ4n) is 2.68. The number of aryl methyl sites for hydroxylation is 1. The quantitative estimate of drug-likeness (QED) is 0.864. The van der Waals surface area contributed by atoms with Gasteiger partial charge in [-0.05, 0) is 19.1 Å². The number of benzene rings is 1. The molecule has 0 atom stereocenters. The van der Waals surface area contributed by atoms with Gasteiger partial charge in [0, 0.05) is 38.1 Å². The number of aromatic nitrogens is 1. The molecule has 2 aromatic rings. The van der Waals surface area contributed by atoms with Gasteiger partial charge in [-0.25, -0.2) is 13.8 Å². The first-order chi connectivity index (χ1) is 11.0. The Kier molecular flexibility index (Phi) is 4.68. The number of halogens is 2. The van der Waals surface area contributed by atoms with E-state index >= 15 is 0 Å². The van der Waals surface area contributed by atoms with Crippen molar-refractivity contribution in [3.63, 3.8) is 0 Å². The third-order valence-electron chi connectivity index (χ3n) is 3.89. The largest absolute Gasteiger partial charge is 0.336 e. The highest BCUT2D eigenvalue weighted by molar-refractivity contribution is 7.09. The molecule has 0 unspecified atom stereocenters. The zero-order valence-electron chi connectivity index (χ0n) is 12.8. The number of carbonyl (C=O) groups excluding carboxylic acids is 1. The Bertz CT molecular complexity index is 691. The molecule has 1 aliphatic rings. The van der Waals surface area contributed by atoms with Gasteiger partial charge in [0.05, 0.1) is 10.7 Å². The maximum Gasteiger partial charge on any atom is 0.259 e. The van der Waals surface area contributed by atoms with E-state index in [4.69, 9.17) is 0 Å². The van der Waals surface area contributed by atoms with Crippen molar-refractivity contribution in [2.75, 3.05) is 26.2 Å². The Labute approximate surface area is 137 Å². The Hall–Kier alpha value is -1.86. The summed E-state index contributed by atoms with van der Waals surface area (Å²) in [6, 6.07) is 3.48. The average molecular weight is 337 g/mol. The van der Waals surface area contributed by atoms with Gasteiger partial charge < -0.3 is 4.90 Å². The van der Waals surface area contributed by atoms with Crippen LogP contribution in [-0.2, 0) is 6.54 Å². The third-order valence-corrected chi connectivity index (χ3v) is 4.71. The van der Waals surface area contributed by atoms with Crippen molar-refractivity contribution in [2.45, 2.75) is 13.5 Å². The van der Waals surface area contributed by atoms with Gasteiger partial charge in [-0.2, -0.15) is 0 Å². The van der Waals surface area contributed by atoms with Gasteiger partial charge in [0.1, 0.15) is 17.2 Å². The average Bonchev–Trinajstić information content (AvgIpc) is 2.93. The number of rotatable bonds is 3. The molecule has 1 fully saturated rings. The normalized spacial score (nSPS) is 15.9. The molecule has 0 radical (unpaired) electrons. The molecule has 2 heterocycles. The molecule has 0 aliphatic carbocycles. The Morgan fingerprint density at radius 2 is 1.87 bits per heavy atom. The van der Waals surface area contributed by atoms with Crippen molar-refractivity contribution in [1.29, 1.82) is 0 Å². The second kappa shape index (κ2) is 6.72. The van der Waals surface area contributed by atoms with Gasteiger partial charge in [0.15, 0.2) is 0 Å². The lowest BCUT2D eigenvalue weighted by Gasteiger charge is -2.34. The van der Waals surface area contributed by atoms with E-state index in [-0.39, 0.29) is 0 Å². The monoisotopic (exact) mass is 337 g/mol. The first kappa shape index (κ1) is 16.0. The summed E-state index contributed by atoms with van der Waals surface area (Å²) < 4.78 is 27.4. The minimum atomic E-state index is -0.810. The summed E-state index contributed by atoms with van der Waals surface area (Å²) in [5.41, 5.74) is 0.559. The topological polar surface area (TPSA) is 36.4 Å². The van der Waals surface area contributed by atoms with Crippen molar-refractivity contribution in [3.05, 3.63) is 51.5 Å². The predicted molar refractivity (Wildman–Crippen MR) is 84.4 cm³/mol. The summed E-state index contributed by atoms with van der Waals surface area (Å²) in [4.78, 5) is 20.4. The van der Waals surface area contributed by atoms with Gasteiger partial charge in [-0.15, -0.1) is 11.3 Å². The minimum Gasteiger partial charge on any atom is -0.336 e. The molecule has 3 rings (SSSR count). The lowest BCUT2D eigenvalue weighted by Crippen LogP contribution is -2.48. The van der Waals surface area contributed by atoms with Crippen LogP contribution in [0.15, 0.2) is 23.6 Å². The minimum absolute atomic E-state index is 0.454. The molecule has 1 amide bonds. The fourth-order valence-corrected chi connectivity index (χ4v) is 3.28. The maximum atomic E-state index is 13.7. The molecule has 0 N–H and O–H groups in total. The highest BCUT2D eigenvalue weighted by atomic mass is 32.1. The molecular weight excluding hydrogens is 320 g/mol. The molecule has 1 aliphatic heterocycles. The molecule has 1 saturated heterocycles. The zero-order chi connectivity index (χ0) is 16.4. The van der Waals surface area contributed by atoms with Crippen LogP contribution in [0.25, 0.3) is 0 Å². The van der Waals surface area contributed by atoms with Crippen molar-refractivity contribution in [2.24, 2.45) is 0 Å². The van der Waals surface area contributed by atoms with E-state index in [1.165, 1.54) is 11.0 Å². The Morgan fingerprint density at radius 1 is 1.22 bits per heavy atom. The van der Waals surface area contributed by atoms with Crippen LogP contribution in [-0.4, -0.2) is 46.9 Å². The van der Waals surface area contributed by atoms with Gasteiger partial charge in [-0.3, -0.25) is 9.69 Å². The van der Waals surface area contributed by atoms with E-state index in [0.717, 1.165) is 29.4 Å². The number of piperazine rings is 1. The number of carbonyl (C=O) groups is 1. The Balaban J connectivity index is 1.61. The van der Waals surface area contributed by atoms with Crippen molar-refractivity contribution >= 4 is 17.2 Å². The molecule has 23 heavy (non-hydrogen) atoms. The number of hydrogen-bond donors (Lipinski definition) is 0. The second-order valence-corrected chi connectivity index (χ2v) is 6.59. The maximum absolute atomic E-state index is 13.7. The molecule has 0 saturated carbocycles. The SMILES string of the molecule is Cc1nc(CN2CCN(C(=O)c3c(F)cccc3F)CC2)cs1. The highest BCUT2D eigenvalue weighted by Gasteiger charge is 2.26. The summed E-state index contributed by atoms with van der Waals surface area (Å²) >= 11 is 1.61. The number of thiazole rings is 1. The van der Waals surface area contributed by atoms with Crippen molar-refractivity contribution in [1.82, 2.24) is 14.8 Å². The van der Waals surface area contributed by atoms with Crippen LogP contribution in [0.3, 0.4) is 0 Å². The van der Waals surface area contributed by atoms with Crippen LogP contribution in [0.5, 0.6) is 0 Å². The zero-order valence-corrected chi connectivity index (χ0v) is 13.6. The predicted octanol–water partition coefficient (Wildman–Crippen LogP) is 2.69. The van der Waals surface area contributed by atoms with E-state index in [0.29, 0.717) is 26.2 Å². The molecule has 0 spiro atoms. The summed E-state index contributed by atoms with van der Waals surface area (Å²) in [5, 5.41) is 3.06. The first-order valence-corrected chi connectivity index (χ1v) is 8.29. The summed E-state index contributed by atoms with van der Waals surface area (Å²) in [6.07, 6.45) is 0. The smallest absolute Gasteiger partial charge is 0.259 e. The fraction of sp³-hybridized carbons (Fsp3) is 0.375. The standard InChI is InChI=1S/C16H17F2N3OS/c1-11-19-12(10-23-11)9-20-5-7-21(8-6-20)16(22)15-13(17)3-2-4-14(15)18/h2-4,10H,5-9H2,1H3. The summed E-state index contributed by atoms with van der Waals surface area (Å²) in [6.45, 7) is 4.94. The van der Waals surface area contributed by atoms with Crippen molar-refractivity contribution in [3.8, 4) is 0 Å². The highest BCUT2D eigenvalue weighted by Crippen LogP contribution is 2.17. The first-order valence-electron chi connectivity index (χ1n) is 7.41. The van der Waals surface area contributed by atoms with Gasteiger partial charge in [-0.1, -0.05) is 6.07 Å². The van der Waals surface area contributed by atoms with Crippen LogP contribution in [0.4, 0.5) is 8.78 Å². The van der Waals surface area contributed by atoms with Crippen LogP contribution in [0.1, 0.15) is 21.1 Å². The third kappa shape index (κ3) is 3.56. The van der Waals surface area contributed by atoms with Crippen molar-refractivity contribution < 1.29 is 13.6 Å². The van der Waals surface area contributed by atoms with E-state index < -0.39 is 23.1 Å². The van der Waals surface area contributed by atoms with Gasteiger partial charge in [0.25, 0.3) is 5.91 Å². The lowest BCUT2D eigenvalue weighted by atomic mass is 10.1. The summed E-state index contributed by atoms with van der Waals surface area (Å²) in [5.74, 6) is -2.20. The molecule has 7 heteroatoms. The Morgan fingerprint density at radius 3 is 2.43 bits per heavy atom. The number of hydrogen-bond acceptors (Lipinski definition) is 4. The molecule has 0 bridgehead atoms. The number of amides is 1. The van der Waals surface area contributed by atoms with Crippen LogP contribution in [0.2, 0.25) is 0 Å². The van der Waals surface area contributed by atoms with Crippen LogP contribution in [0, 0.1) is 18.6 Å². The van der Waals surface area contributed by atoms with Gasteiger partial charge in [0.2, 0.25) is 0 Å². The second-order valence-electron chi connectivity index (χ2n) is 5.52. The lowest BCUT2D eigenvalue weighted by molar-refractivity contribution is 0.0618. The van der Waals surface area contributed by atoms with Crippen LogP contribution < -0.4 is 0 Å². The van der Waals surface area contributed by atoms with E-state index in [1.54, 1.807) is 11.3 Å². The molecular formula is C16H17F2N3OS. The van der Waals surface area contributed by atoms with E-state index in [2.05, 4.69) is 9.88 Å². The molecule has 1 aromatic carbocycles. The van der Waals surface area contributed by atoms with E-state index in [9.17, 15) is 13.6 Å². The van der Waals surface area contributed by atoms with Crippen LogP contribution >= 0.6 is 11.3 Å².